The van der Waals surface area contributed by atoms with E-state index in [1.54, 1.807) is 6.07 Å². The molecule has 0 aliphatic carbocycles. The summed E-state index contributed by atoms with van der Waals surface area (Å²) in [4.78, 5) is -0.0939. The smallest absolute Gasteiger partial charge is 0.263 e. The van der Waals surface area contributed by atoms with Crippen LogP contribution in [0.5, 0.6) is 5.75 Å². The molecule has 21 heavy (non-hydrogen) atoms. The Bertz CT molecular complexity index is 783. The highest BCUT2D eigenvalue weighted by atomic mass is 79.9. The van der Waals surface area contributed by atoms with Crippen molar-refractivity contribution in [2.75, 3.05) is 11.8 Å². The first kappa shape index (κ1) is 16.1. The fourth-order valence-electron chi connectivity index (χ4n) is 1.63. The van der Waals surface area contributed by atoms with E-state index in [0.717, 1.165) is 6.07 Å². The van der Waals surface area contributed by atoms with Gasteiger partial charge >= 0.3 is 0 Å². The molecule has 0 saturated heterocycles. The second-order valence-electron chi connectivity index (χ2n) is 4.03. The zero-order valence-electron chi connectivity index (χ0n) is 10.7. The van der Waals surface area contributed by atoms with Crippen LogP contribution >= 0.6 is 27.5 Å². The van der Waals surface area contributed by atoms with E-state index >= 15 is 0 Å². The van der Waals surface area contributed by atoms with Crippen LogP contribution in [0, 0.1) is 5.82 Å². The van der Waals surface area contributed by atoms with E-state index in [4.69, 9.17) is 16.3 Å². The Morgan fingerprint density at radius 2 is 1.95 bits per heavy atom. The summed E-state index contributed by atoms with van der Waals surface area (Å²) in [6, 6.07) is 8.13. The first-order chi connectivity index (χ1) is 9.83. The standard InChI is InChI=1S/C13H10BrClFNO3S/c1-20-12-4-3-9(7-11(12)16)17-21(18,19)13-5-2-8(14)6-10(13)15/h2-7,17H,1H3. The fourth-order valence-corrected chi connectivity index (χ4v) is 3.72. The summed E-state index contributed by atoms with van der Waals surface area (Å²) in [6.07, 6.45) is 0. The Balaban J connectivity index is 2.35. The van der Waals surface area contributed by atoms with E-state index in [0.29, 0.717) is 4.47 Å². The third-order valence-electron chi connectivity index (χ3n) is 2.59. The maximum absolute atomic E-state index is 13.6. The number of sulfonamides is 1. The van der Waals surface area contributed by atoms with Gasteiger partial charge in [0.25, 0.3) is 10.0 Å². The Morgan fingerprint density at radius 3 is 2.52 bits per heavy atom. The first-order valence-electron chi connectivity index (χ1n) is 5.65. The van der Waals surface area contributed by atoms with Crippen molar-refractivity contribution in [1.29, 1.82) is 0 Å². The topological polar surface area (TPSA) is 55.4 Å². The molecule has 2 aromatic carbocycles. The molecule has 0 aromatic heterocycles. The van der Waals surface area contributed by atoms with Crippen LogP contribution in [0.4, 0.5) is 10.1 Å². The van der Waals surface area contributed by atoms with E-state index in [2.05, 4.69) is 20.7 Å². The van der Waals surface area contributed by atoms with Crippen LogP contribution in [-0.2, 0) is 10.0 Å². The molecule has 2 rings (SSSR count). The number of ether oxygens (including phenoxy) is 1. The van der Waals surface area contributed by atoms with Crippen molar-refractivity contribution >= 4 is 43.2 Å². The average molecular weight is 395 g/mol. The molecule has 0 fully saturated rings. The molecular weight excluding hydrogens is 385 g/mol. The maximum atomic E-state index is 13.6. The summed E-state index contributed by atoms with van der Waals surface area (Å²) in [5, 5.41) is 0.0610. The van der Waals surface area contributed by atoms with Gasteiger partial charge in [-0.3, -0.25) is 4.72 Å². The lowest BCUT2D eigenvalue weighted by Crippen LogP contribution is -2.13. The molecule has 4 nitrogen and oxygen atoms in total. The molecule has 0 unspecified atom stereocenters. The quantitative estimate of drug-likeness (QED) is 0.851. The Hall–Kier alpha value is -1.31. The van der Waals surface area contributed by atoms with Crippen molar-refractivity contribution in [3.05, 3.63) is 51.7 Å². The highest BCUT2D eigenvalue weighted by molar-refractivity contribution is 9.10. The minimum atomic E-state index is -3.91. The molecule has 0 aliphatic heterocycles. The molecule has 0 bridgehead atoms. The van der Waals surface area contributed by atoms with Gasteiger partial charge in [-0.1, -0.05) is 27.5 Å². The Morgan fingerprint density at radius 1 is 1.24 bits per heavy atom. The molecule has 0 saturated carbocycles. The highest BCUT2D eigenvalue weighted by Gasteiger charge is 2.18. The van der Waals surface area contributed by atoms with Crippen molar-refractivity contribution in [3.63, 3.8) is 0 Å². The number of nitrogens with one attached hydrogen (secondary N) is 1. The molecule has 112 valence electrons. The molecular formula is C13H10BrClFNO3S. The second kappa shape index (κ2) is 6.21. The fraction of sp³-hybridized carbons (Fsp3) is 0.0769. The number of methoxy groups -OCH3 is 1. The number of anilines is 1. The maximum Gasteiger partial charge on any atom is 0.263 e. The largest absolute Gasteiger partial charge is 0.494 e. The molecule has 1 N–H and O–H groups in total. The number of benzene rings is 2. The Labute approximate surface area is 135 Å². The van der Waals surface area contributed by atoms with Crippen LogP contribution in [0.2, 0.25) is 5.02 Å². The minimum Gasteiger partial charge on any atom is -0.494 e. The minimum absolute atomic E-state index is 0.0274. The van der Waals surface area contributed by atoms with E-state index in [1.165, 1.54) is 31.4 Å². The normalized spacial score (nSPS) is 11.2. The molecule has 2 aromatic rings. The van der Waals surface area contributed by atoms with Gasteiger partial charge in [-0.05, 0) is 30.3 Å². The predicted molar refractivity (Wildman–Crippen MR) is 82.9 cm³/mol. The molecule has 0 radical (unpaired) electrons. The van der Waals surface area contributed by atoms with Gasteiger partial charge in [0.1, 0.15) is 4.90 Å². The lowest BCUT2D eigenvalue weighted by atomic mass is 10.3. The molecule has 0 atom stereocenters. The molecule has 0 aliphatic rings. The van der Waals surface area contributed by atoms with Crippen molar-refractivity contribution in [2.45, 2.75) is 4.90 Å². The summed E-state index contributed by atoms with van der Waals surface area (Å²) in [5.74, 6) is -0.640. The number of hydrogen-bond donors (Lipinski definition) is 1. The molecule has 0 amide bonds. The van der Waals surface area contributed by atoms with Gasteiger partial charge in [-0.15, -0.1) is 0 Å². The average Bonchev–Trinajstić information content (AvgIpc) is 2.37. The van der Waals surface area contributed by atoms with Crippen molar-refractivity contribution in [3.8, 4) is 5.75 Å². The van der Waals surface area contributed by atoms with Crippen molar-refractivity contribution < 1.29 is 17.5 Å². The van der Waals surface area contributed by atoms with Gasteiger partial charge in [0.05, 0.1) is 17.8 Å². The predicted octanol–water partition coefficient (Wildman–Crippen LogP) is 4.05. The number of halogens is 3. The lowest BCUT2D eigenvalue weighted by molar-refractivity contribution is 0.386. The zero-order chi connectivity index (χ0) is 15.6. The van der Waals surface area contributed by atoms with E-state index in [9.17, 15) is 12.8 Å². The van der Waals surface area contributed by atoms with Gasteiger partial charge in [0.2, 0.25) is 0 Å². The highest BCUT2D eigenvalue weighted by Crippen LogP contribution is 2.28. The van der Waals surface area contributed by atoms with Crippen molar-refractivity contribution in [1.82, 2.24) is 0 Å². The van der Waals surface area contributed by atoms with E-state index in [-0.39, 0.29) is 21.4 Å². The van der Waals surface area contributed by atoms with E-state index < -0.39 is 15.8 Å². The van der Waals surface area contributed by atoms with Gasteiger partial charge < -0.3 is 4.74 Å². The van der Waals surface area contributed by atoms with E-state index in [1.807, 2.05) is 0 Å². The lowest BCUT2D eigenvalue weighted by Gasteiger charge is -2.10. The van der Waals surface area contributed by atoms with Crippen LogP contribution in [-0.4, -0.2) is 15.5 Å². The zero-order valence-corrected chi connectivity index (χ0v) is 13.9. The summed E-state index contributed by atoms with van der Waals surface area (Å²) in [7, 11) is -2.58. The van der Waals surface area contributed by atoms with Crippen LogP contribution in [0.25, 0.3) is 0 Å². The Kier molecular flexibility index (Phi) is 4.75. The monoisotopic (exact) mass is 393 g/mol. The third-order valence-corrected chi connectivity index (χ3v) is 4.94. The first-order valence-corrected chi connectivity index (χ1v) is 8.30. The van der Waals surface area contributed by atoms with Crippen LogP contribution in [0.15, 0.2) is 45.8 Å². The summed E-state index contributed by atoms with van der Waals surface area (Å²) < 4.78 is 45.7. The van der Waals surface area contributed by atoms with Gasteiger partial charge in [0.15, 0.2) is 11.6 Å². The summed E-state index contributed by atoms with van der Waals surface area (Å²) in [6.45, 7) is 0. The van der Waals surface area contributed by atoms with Gasteiger partial charge in [0, 0.05) is 10.5 Å². The molecule has 0 heterocycles. The molecule has 8 heteroatoms. The van der Waals surface area contributed by atoms with Gasteiger partial charge in [-0.25, -0.2) is 12.8 Å². The third kappa shape index (κ3) is 3.66. The number of rotatable bonds is 4. The van der Waals surface area contributed by atoms with Crippen LogP contribution in [0.1, 0.15) is 0 Å². The molecule has 0 spiro atoms. The SMILES string of the molecule is COc1ccc(NS(=O)(=O)c2ccc(Br)cc2Cl)cc1F. The van der Waals surface area contributed by atoms with Crippen LogP contribution in [0.3, 0.4) is 0 Å². The summed E-state index contributed by atoms with van der Waals surface area (Å²) in [5.41, 5.74) is 0.0762. The summed E-state index contributed by atoms with van der Waals surface area (Å²) >= 11 is 9.11. The second-order valence-corrected chi connectivity index (χ2v) is 7.00. The van der Waals surface area contributed by atoms with Crippen LogP contribution < -0.4 is 9.46 Å². The van der Waals surface area contributed by atoms with Gasteiger partial charge in [-0.2, -0.15) is 0 Å². The number of hydrogen-bond acceptors (Lipinski definition) is 3. The van der Waals surface area contributed by atoms with Crippen molar-refractivity contribution in [2.24, 2.45) is 0 Å².